The Bertz CT molecular complexity index is 827. The molecule has 5 N–H and O–H groups in total. The SMILES string of the molecule is CCC(O)P(=O)(O)OC(C)(CC)C[C@H]1O[C@@H](c2cc(C)c(=O)[nH]c2C)[C@@H](O)C1O. The molecule has 1 saturated heterocycles. The zero-order chi connectivity index (χ0) is 22.1. The molecule has 1 aromatic rings. The fourth-order valence-electron chi connectivity index (χ4n) is 3.50. The Hall–Kier alpha value is -1.06. The van der Waals surface area contributed by atoms with Crippen LogP contribution in [0.25, 0.3) is 0 Å². The van der Waals surface area contributed by atoms with Crippen molar-refractivity contribution >= 4 is 7.60 Å². The van der Waals surface area contributed by atoms with Crippen molar-refractivity contribution in [2.75, 3.05) is 0 Å². The van der Waals surface area contributed by atoms with Crippen LogP contribution in [0.4, 0.5) is 0 Å². The van der Waals surface area contributed by atoms with E-state index in [-0.39, 0.29) is 18.4 Å². The Balaban J connectivity index is 2.24. The minimum absolute atomic E-state index is 0.0284. The molecule has 1 fully saturated rings. The topological polar surface area (TPSA) is 149 Å². The van der Waals surface area contributed by atoms with Gasteiger partial charge in [-0.15, -0.1) is 0 Å². The minimum atomic E-state index is -4.29. The molecule has 2 heterocycles. The number of ether oxygens (including phenoxy) is 1. The number of aliphatic hydroxyl groups is 3. The summed E-state index contributed by atoms with van der Waals surface area (Å²) in [5.41, 5.74) is 0.130. The number of aromatic nitrogens is 1. The first-order valence-corrected chi connectivity index (χ1v) is 11.4. The average molecular weight is 433 g/mol. The number of hydrogen-bond acceptors (Lipinski definition) is 7. The number of pyridine rings is 1. The molecule has 1 aliphatic rings. The highest BCUT2D eigenvalue weighted by Crippen LogP contribution is 2.53. The third kappa shape index (κ3) is 5.17. The molecule has 4 unspecified atom stereocenters. The van der Waals surface area contributed by atoms with Crippen LogP contribution in [0.1, 0.15) is 63.0 Å². The molecule has 0 amide bonds. The molecule has 2 rings (SSSR count). The first-order valence-electron chi connectivity index (χ1n) is 9.78. The summed E-state index contributed by atoms with van der Waals surface area (Å²) in [6.07, 6.45) is -3.83. The van der Waals surface area contributed by atoms with Crippen molar-refractivity contribution in [1.82, 2.24) is 4.98 Å². The van der Waals surface area contributed by atoms with Crippen molar-refractivity contribution in [2.45, 2.75) is 89.7 Å². The quantitative estimate of drug-likeness (QED) is 0.389. The molecule has 0 aromatic carbocycles. The first-order chi connectivity index (χ1) is 13.3. The summed E-state index contributed by atoms with van der Waals surface area (Å²) >= 11 is 0. The van der Waals surface area contributed by atoms with E-state index in [0.717, 1.165) is 0 Å². The van der Waals surface area contributed by atoms with Crippen molar-refractivity contribution < 1.29 is 34.0 Å². The third-order valence-electron chi connectivity index (χ3n) is 5.61. The zero-order valence-electron chi connectivity index (χ0n) is 17.5. The molecular weight excluding hydrogens is 401 g/mol. The van der Waals surface area contributed by atoms with Gasteiger partial charge in [-0.3, -0.25) is 9.36 Å². The molecule has 0 aliphatic carbocycles. The van der Waals surface area contributed by atoms with Gasteiger partial charge in [0.1, 0.15) is 18.3 Å². The van der Waals surface area contributed by atoms with Gasteiger partial charge in [0.2, 0.25) is 0 Å². The van der Waals surface area contributed by atoms with Gasteiger partial charge < -0.3 is 34.5 Å². The van der Waals surface area contributed by atoms with Crippen LogP contribution >= 0.6 is 7.60 Å². The van der Waals surface area contributed by atoms with E-state index in [0.29, 0.717) is 23.2 Å². The lowest BCUT2D eigenvalue weighted by Gasteiger charge is -2.34. The van der Waals surface area contributed by atoms with E-state index in [2.05, 4.69) is 4.98 Å². The highest BCUT2D eigenvalue weighted by Gasteiger charge is 2.48. The van der Waals surface area contributed by atoms with Gasteiger partial charge >= 0.3 is 7.60 Å². The number of nitrogens with one attached hydrogen (secondary N) is 1. The molecular formula is C19H32NO8P. The summed E-state index contributed by atoms with van der Waals surface area (Å²) in [6.45, 7) is 8.24. The molecule has 7 atom stereocenters. The second-order valence-corrected chi connectivity index (χ2v) is 9.90. The molecule has 166 valence electrons. The van der Waals surface area contributed by atoms with Crippen LogP contribution in [-0.2, 0) is 13.8 Å². The molecule has 0 bridgehead atoms. The highest BCUT2D eigenvalue weighted by atomic mass is 31.2. The van der Waals surface area contributed by atoms with E-state index in [1.54, 1.807) is 40.7 Å². The Morgan fingerprint density at radius 2 is 1.93 bits per heavy atom. The number of rotatable bonds is 8. The summed E-state index contributed by atoms with van der Waals surface area (Å²) in [6, 6.07) is 1.62. The molecule has 29 heavy (non-hydrogen) atoms. The van der Waals surface area contributed by atoms with Crippen LogP contribution in [0.15, 0.2) is 10.9 Å². The lowest BCUT2D eigenvalue weighted by atomic mass is 9.92. The fourth-order valence-corrected chi connectivity index (χ4v) is 4.92. The van der Waals surface area contributed by atoms with Gasteiger partial charge in [0, 0.05) is 23.2 Å². The van der Waals surface area contributed by atoms with E-state index in [1.807, 2.05) is 0 Å². The summed E-state index contributed by atoms with van der Waals surface area (Å²) in [5, 5.41) is 30.9. The molecule has 0 radical (unpaired) electrons. The number of aromatic amines is 1. The van der Waals surface area contributed by atoms with Crippen molar-refractivity contribution in [2.24, 2.45) is 0 Å². The van der Waals surface area contributed by atoms with Gasteiger partial charge in [0.25, 0.3) is 5.56 Å². The maximum absolute atomic E-state index is 12.3. The normalized spacial score (nSPS) is 30.0. The second-order valence-electron chi connectivity index (χ2n) is 7.99. The van der Waals surface area contributed by atoms with Crippen molar-refractivity contribution in [3.05, 3.63) is 33.2 Å². The van der Waals surface area contributed by atoms with Crippen LogP contribution in [0.5, 0.6) is 0 Å². The molecule has 10 heteroatoms. The van der Waals surface area contributed by atoms with Crippen molar-refractivity contribution in [1.29, 1.82) is 0 Å². The van der Waals surface area contributed by atoms with Crippen LogP contribution in [0.2, 0.25) is 0 Å². The Kier molecular flexibility index (Phi) is 7.49. The Morgan fingerprint density at radius 3 is 2.48 bits per heavy atom. The van der Waals surface area contributed by atoms with Gasteiger partial charge in [-0.25, -0.2) is 0 Å². The van der Waals surface area contributed by atoms with Crippen LogP contribution in [-0.4, -0.2) is 55.0 Å². The lowest BCUT2D eigenvalue weighted by Crippen LogP contribution is -2.39. The highest BCUT2D eigenvalue weighted by molar-refractivity contribution is 7.53. The second kappa shape index (κ2) is 8.98. The van der Waals surface area contributed by atoms with Gasteiger partial charge in [0.15, 0.2) is 5.85 Å². The molecule has 0 saturated carbocycles. The zero-order valence-corrected chi connectivity index (χ0v) is 18.3. The largest absolute Gasteiger partial charge is 0.388 e. The van der Waals surface area contributed by atoms with Gasteiger partial charge in [-0.2, -0.15) is 0 Å². The molecule has 1 aliphatic heterocycles. The number of H-pyrrole nitrogens is 1. The Morgan fingerprint density at radius 1 is 1.31 bits per heavy atom. The predicted molar refractivity (Wildman–Crippen MR) is 107 cm³/mol. The van der Waals surface area contributed by atoms with Crippen LogP contribution < -0.4 is 5.56 Å². The van der Waals surface area contributed by atoms with Gasteiger partial charge in [-0.05, 0) is 39.7 Å². The van der Waals surface area contributed by atoms with E-state index < -0.39 is 43.5 Å². The van der Waals surface area contributed by atoms with E-state index in [1.165, 1.54) is 0 Å². The maximum atomic E-state index is 12.3. The lowest BCUT2D eigenvalue weighted by molar-refractivity contribution is -0.0495. The number of hydrogen-bond donors (Lipinski definition) is 5. The van der Waals surface area contributed by atoms with Crippen molar-refractivity contribution in [3.8, 4) is 0 Å². The van der Waals surface area contributed by atoms with Crippen LogP contribution in [0, 0.1) is 13.8 Å². The molecule has 1 aromatic heterocycles. The van der Waals surface area contributed by atoms with Gasteiger partial charge in [-0.1, -0.05) is 13.8 Å². The average Bonchev–Trinajstić information content (AvgIpc) is 2.91. The van der Waals surface area contributed by atoms with Crippen molar-refractivity contribution in [3.63, 3.8) is 0 Å². The minimum Gasteiger partial charge on any atom is -0.388 e. The van der Waals surface area contributed by atoms with E-state index in [9.17, 15) is 29.6 Å². The molecule has 0 spiro atoms. The van der Waals surface area contributed by atoms with Crippen LogP contribution in [0.3, 0.4) is 0 Å². The molecule has 9 nitrogen and oxygen atoms in total. The first kappa shape index (κ1) is 24.2. The Labute approximate surface area is 170 Å². The smallest absolute Gasteiger partial charge is 0.356 e. The van der Waals surface area contributed by atoms with E-state index in [4.69, 9.17) is 9.26 Å². The predicted octanol–water partition coefficient (Wildman–Crippen LogP) is 1.64. The summed E-state index contributed by atoms with van der Waals surface area (Å²) in [7, 11) is -4.29. The summed E-state index contributed by atoms with van der Waals surface area (Å²) < 4.78 is 23.7. The third-order valence-corrected chi connectivity index (χ3v) is 7.43. The number of aliphatic hydroxyl groups excluding tert-OH is 3. The number of aryl methyl sites for hydroxylation is 2. The summed E-state index contributed by atoms with van der Waals surface area (Å²) in [5.74, 6) is -1.51. The summed E-state index contributed by atoms with van der Waals surface area (Å²) in [4.78, 5) is 24.5. The van der Waals surface area contributed by atoms with Gasteiger partial charge in [0.05, 0.1) is 11.7 Å². The fraction of sp³-hybridized carbons (Fsp3) is 0.737. The maximum Gasteiger partial charge on any atom is 0.356 e. The standard InChI is InChI=1S/C19H32NO8P/c1-6-14(21)29(25,26)28-19(5,7-2)9-13-15(22)16(23)17(27-13)12-8-10(3)18(24)20-11(12)4/h8,13-17,21-23H,6-7,9H2,1-5H3,(H,20,24)(H,25,26)/t13-,14?,15?,16+,17+,19?/m1/s1. The van der Waals surface area contributed by atoms with E-state index >= 15 is 0 Å². The monoisotopic (exact) mass is 433 g/mol.